The van der Waals surface area contributed by atoms with Gasteiger partial charge in [0.25, 0.3) is 0 Å². The van der Waals surface area contributed by atoms with Crippen LogP contribution >= 0.6 is 23.2 Å². The lowest BCUT2D eigenvalue weighted by Gasteiger charge is -2.07. The van der Waals surface area contributed by atoms with Gasteiger partial charge in [-0.25, -0.2) is 4.39 Å². The first-order valence-electron chi connectivity index (χ1n) is 8.12. The molecule has 0 aliphatic heterocycles. The monoisotopic (exact) mass is 413 g/mol. The van der Waals surface area contributed by atoms with Crippen molar-refractivity contribution in [3.05, 3.63) is 87.2 Å². The van der Waals surface area contributed by atoms with Crippen molar-refractivity contribution < 1.29 is 18.5 Å². The number of benzene rings is 3. The van der Waals surface area contributed by atoms with Gasteiger partial charge in [0.2, 0.25) is 0 Å². The maximum absolute atomic E-state index is 14.2. The summed E-state index contributed by atoms with van der Waals surface area (Å²) in [5, 5.41) is 5.33. The second-order valence-electron chi connectivity index (χ2n) is 6.04. The highest BCUT2D eigenvalue weighted by molar-refractivity contribution is 6.31. The summed E-state index contributed by atoms with van der Waals surface area (Å²) in [5.74, 6) is -1.26. The molecular weight excluding hydrogens is 404 g/mol. The van der Waals surface area contributed by atoms with Gasteiger partial charge in [-0.05, 0) is 36.4 Å². The van der Waals surface area contributed by atoms with Crippen molar-refractivity contribution in [2.24, 2.45) is 0 Å². The minimum Gasteiger partial charge on any atom is -0.356 e. The summed E-state index contributed by atoms with van der Waals surface area (Å²) < 4.78 is 19.4. The zero-order valence-electron chi connectivity index (χ0n) is 14.1. The Bertz CT molecular complexity index is 1250. The molecule has 0 aliphatic rings. The number of hydrogen-bond acceptors (Lipinski definition) is 4. The lowest BCUT2D eigenvalue weighted by molar-refractivity contribution is 0.103. The van der Waals surface area contributed by atoms with Gasteiger partial charge in [0.15, 0.2) is 17.7 Å². The molecule has 1 aromatic heterocycles. The number of hydrogen-bond donors (Lipinski definition) is 0. The highest BCUT2D eigenvalue weighted by Crippen LogP contribution is 2.32. The first kappa shape index (κ1) is 18.3. The van der Waals surface area contributed by atoms with E-state index in [-0.39, 0.29) is 16.1 Å². The van der Waals surface area contributed by atoms with E-state index in [1.807, 2.05) is 0 Å². The summed E-state index contributed by atoms with van der Waals surface area (Å²) in [5.41, 5.74) is 1.63. The van der Waals surface area contributed by atoms with Crippen molar-refractivity contribution in [2.45, 2.75) is 0 Å². The molecule has 0 spiro atoms. The van der Waals surface area contributed by atoms with E-state index >= 15 is 0 Å². The predicted octanol–water partition coefficient (Wildman–Crippen LogP) is 5.98. The third-order valence-electron chi connectivity index (χ3n) is 4.31. The number of aromatic nitrogens is 1. The highest BCUT2D eigenvalue weighted by Gasteiger charge is 2.19. The third-order valence-corrected chi connectivity index (χ3v) is 4.78. The molecule has 0 atom stereocenters. The van der Waals surface area contributed by atoms with E-state index in [4.69, 9.17) is 27.7 Å². The average Bonchev–Trinajstić information content (AvgIpc) is 3.09. The zero-order chi connectivity index (χ0) is 19.8. The predicted molar refractivity (Wildman–Crippen MR) is 105 cm³/mol. The first-order chi connectivity index (χ1) is 13.5. The number of fused-ring (bicyclic) bond motifs is 1. The Balaban J connectivity index is 1.86. The van der Waals surface area contributed by atoms with E-state index in [2.05, 4.69) is 5.16 Å². The van der Waals surface area contributed by atoms with Crippen LogP contribution in [0.15, 0.2) is 59.1 Å². The van der Waals surface area contributed by atoms with Crippen molar-refractivity contribution in [3.63, 3.8) is 0 Å². The third kappa shape index (κ3) is 3.19. The molecular formula is C21H10Cl2FNO3. The molecule has 3 aromatic carbocycles. The summed E-state index contributed by atoms with van der Waals surface area (Å²) >= 11 is 11.7. The molecule has 1 heterocycles. The Morgan fingerprint density at radius 2 is 1.75 bits per heavy atom. The van der Waals surface area contributed by atoms with E-state index in [1.165, 1.54) is 30.3 Å². The van der Waals surface area contributed by atoms with Crippen LogP contribution < -0.4 is 0 Å². The van der Waals surface area contributed by atoms with Crippen molar-refractivity contribution in [3.8, 4) is 11.3 Å². The normalized spacial score (nSPS) is 11.0. The molecule has 0 unspecified atom stereocenters. The number of rotatable bonds is 4. The number of nitrogens with zero attached hydrogens (tertiary/aromatic N) is 1. The van der Waals surface area contributed by atoms with Crippen molar-refractivity contribution in [1.82, 2.24) is 5.16 Å². The summed E-state index contributed by atoms with van der Waals surface area (Å²) in [7, 11) is 0. The van der Waals surface area contributed by atoms with Crippen molar-refractivity contribution in [2.75, 3.05) is 0 Å². The molecule has 0 bridgehead atoms. The molecule has 4 nitrogen and oxygen atoms in total. The maximum Gasteiger partial charge on any atom is 0.195 e. The molecule has 0 amide bonds. The highest BCUT2D eigenvalue weighted by atomic mass is 35.5. The van der Waals surface area contributed by atoms with Gasteiger partial charge in [0, 0.05) is 38.2 Å². The molecule has 4 rings (SSSR count). The second kappa shape index (κ2) is 7.19. The minimum absolute atomic E-state index is 0.119. The Morgan fingerprint density at radius 1 is 1.00 bits per heavy atom. The zero-order valence-corrected chi connectivity index (χ0v) is 15.6. The van der Waals surface area contributed by atoms with E-state index < -0.39 is 11.6 Å². The van der Waals surface area contributed by atoms with Gasteiger partial charge in [-0.15, -0.1) is 0 Å². The van der Waals surface area contributed by atoms with E-state index in [9.17, 15) is 14.0 Å². The van der Waals surface area contributed by atoms with Gasteiger partial charge in [0.1, 0.15) is 11.5 Å². The SMILES string of the molecule is O=Cc1ccc(C(=O)c2ccc(Cl)cc2F)cc1-c1noc2cc(Cl)ccc12. The lowest BCUT2D eigenvalue weighted by atomic mass is 9.95. The fourth-order valence-corrected chi connectivity index (χ4v) is 3.26. The molecule has 0 N–H and O–H groups in total. The van der Waals surface area contributed by atoms with Gasteiger partial charge in [0.05, 0.1) is 5.56 Å². The van der Waals surface area contributed by atoms with E-state index in [0.717, 1.165) is 6.07 Å². The van der Waals surface area contributed by atoms with Crippen LogP contribution in [0, 0.1) is 5.82 Å². The quantitative estimate of drug-likeness (QED) is 0.304. The van der Waals surface area contributed by atoms with Gasteiger partial charge in [-0.1, -0.05) is 40.5 Å². The van der Waals surface area contributed by atoms with Crippen LogP contribution in [0.3, 0.4) is 0 Å². The molecule has 138 valence electrons. The Hall–Kier alpha value is -3.02. The number of carbonyl (C=O) groups is 2. The second-order valence-corrected chi connectivity index (χ2v) is 6.92. The molecule has 4 aromatic rings. The summed E-state index contributed by atoms with van der Waals surface area (Å²) in [6.07, 6.45) is 0.656. The van der Waals surface area contributed by atoms with Crippen LogP contribution in [0.2, 0.25) is 10.0 Å². The number of aldehydes is 1. The number of halogens is 3. The Kier molecular flexibility index (Phi) is 4.71. The molecule has 0 saturated heterocycles. The van der Waals surface area contributed by atoms with Crippen LogP contribution in [0.4, 0.5) is 4.39 Å². The first-order valence-corrected chi connectivity index (χ1v) is 8.88. The van der Waals surface area contributed by atoms with Crippen LogP contribution in [0.25, 0.3) is 22.2 Å². The summed E-state index contributed by atoms with van der Waals surface area (Å²) in [6.45, 7) is 0. The topological polar surface area (TPSA) is 60.2 Å². The standard InChI is InChI=1S/C21H10Cl2FNO3/c22-13-3-5-15(18(24)8-13)21(27)11-1-2-12(10-26)17(7-11)20-16-6-4-14(23)9-19(16)28-25-20/h1-10H. The van der Waals surface area contributed by atoms with Crippen LogP contribution in [-0.2, 0) is 0 Å². The lowest BCUT2D eigenvalue weighted by Crippen LogP contribution is -2.05. The van der Waals surface area contributed by atoms with Crippen molar-refractivity contribution in [1.29, 1.82) is 0 Å². The van der Waals surface area contributed by atoms with Gasteiger partial charge in [-0.3, -0.25) is 9.59 Å². The molecule has 0 radical (unpaired) electrons. The summed E-state index contributed by atoms with van der Waals surface area (Å²) in [6, 6.07) is 13.3. The fourth-order valence-electron chi connectivity index (χ4n) is 2.94. The number of ketones is 1. The van der Waals surface area contributed by atoms with Gasteiger partial charge >= 0.3 is 0 Å². The molecule has 0 aliphatic carbocycles. The molecule has 7 heteroatoms. The van der Waals surface area contributed by atoms with Crippen molar-refractivity contribution >= 4 is 46.2 Å². The van der Waals surface area contributed by atoms with Gasteiger partial charge in [-0.2, -0.15) is 0 Å². The fraction of sp³-hybridized carbons (Fsp3) is 0. The molecule has 28 heavy (non-hydrogen) atoms. The van der Waals surface area contributed by atoms with E-state index in [1.54, 1.807) is 18.2 Å². The largest absolute Gasteiger partial charge is 0.356 e. The smallest absolute Gasteiger partial charge is 0.195 e. The van der Waals surface area contributed by atoms with Crippen LogP contribution in [0.1, 0.15) is 26.3 Å². The van der Waals surface area contributed by atoms with Crippen LogP contribution in [-0.4, -0.2) is 17.2 Å². The van der Waals surface area contributed by atoms with Crippen LogP contribution in [0.5, 0.6) is 0 Å². The average molecular weight is 414 g/mol. The Labute approximate surface area is 168 Å². The Morgan fingerprint density at radius 3 is 2.50 bits per heavy atom. The van der Waals surface area contributed by atoms with E-state index in [0.29, 0.717) is 39.1 Å². The molecule has 0 fully saturated rings. The maximum atomic E-state index is 14.2. The molecule has 0 saturated carbocycles. The number of carbonyl (C=O) groups excluding carboxylic acids is 2. The minimum atomic E-state index is -0.722. The summed E-state index contributed by atoms with van der Waals surface area (Å²) in [4.78, 5) is 24.3. The van der Waals surface area contributed by atoms with Gasteiger partial charge < -0.3 is 4.52 Å².